The number of hydrogen-bond acceptors (Lipinski definition) is 3. The molecule has 1 saturated heterocycles. The highest BCUT2D eigenvalue weighted by molar-refractivity contribution is 9.10. The number of sulfonamides is 1. The van der Waals surface area contributed by atoms with Crippen molar-refractivity contribution in [2.45, 2.75) is 23.8 Å². The van der Waals surface area contributed by atoms with Crippen LogP contribution in [0.15, 0.2) is 33.6 Å². The average molecular weight is 356 g/mol. The Balaban J connectivity index is 0.00000162. The Morgan fingerprint density at radius 3 is 2.78 bits per heavy atom. The molecule has 1 aliphatic heterocycles. The summed E-state index contributed by atoms with van der Waals surface area (Å²) in [5, 5.41) is 0. The fourth-order valence-corrected chi connectivity index (χ4v) is 4.43. The van der Waals surface area contributed by atoms with E-state index in [2.05, 4.69) is 15.9 Å². The molecule has 1 aromatic carbocycles. The summed E-state index contributed by atoms with van der Waals surface area (Å²) >= 11 is 3.29. The standard InChI is InChI=1S/C11H15BrN2O2S.ClH/c12-9-3-1-5-11(7-9)17(15,16)14-6-2-4-10(14)8-13;/h1,3,5,7,10H,2,4,6,8,13H2;1H. The molecule has 1 fully saturated rings. The van der Waals surface area contributed by atoms with E-state index < -0.39 is 10.0 Å². The number of benzene rings is 1. The molecule has 0 aliphatic carbocycles. The van der Waals surface area contributed by atoms with Gasteiger partial charge in [0.2, 0.25) is 10.0 Å². The molecule has 0 amide bonds. The van der Waals surface area contributed by atoms with Crippen molar-refractivity contribution in [2.75, 3.05) is 13.1 Å². The first-order chi connectivity index (χ1) is 8.05. The van der Waals surface area contributed by atoms with Crippen LogP contribution in [0.1, 0.15) is 12.8 Å². The van der Waals surface area contributed by atoms with Gasteiger partial charge in [-0.25, -0.2) is 8.42 Å². The van der Waals surface area contributed by atoms with Crippen LogP contribution in [0.2, 0.25) is 0 Å². The van der Waals surface area contributed by atoms with Gasteiger partial charge in [-0.1, -0.05) is 22.0 Å². The monoisotopic (exact) mass is 354 g/mol. The van der Waals surface area contributed by atoms with Gasteiger partial charge in [0.05, 0.1) is 4.90 Å². The van der Waals surface area contributed by atoms with E-state index in [0.29, 0.717) is 18.0 Å². The number of nitrogens with two attached hydrogens (primary N) is 1. The van der Waals surface area contributed by atoms with Crippen molar-refractivity contribution in [1.29, 1.82) is 0 Å². The number of halogens is 2. The van der Waals surface area contributed by atoms with E-state index >= 15 is 0 Å². The molecule has 0 bridgehead atoms. The third-order valence-electron chi connectivity index (χ3n) is 3.00. The Kier molecular flexibility index (Phi) is 5.61. The fourth-order valence-electron chi connectivity index (χ4n) is 2.12. The Bertz CT molecular complexity index is 510. The summed E-state index contributed by atoms with van der Waals surface area (Å²) in [5.41, 5.74) is 5.61. The van der Waals surface area contributed by atoms with Crippen LogP contribution >= 0.6 is 28.3 Å². The van der Waals surface area contributed by atoms with Crippen LogP contribution in [0.5, 0.6) is 0 Å². The Morgan fingerprint density at radius 2 is 2.17 bits per heavy atom. The van der Waals surface area contributed by atoms with Gasteiger partial charge < -0.3 is 5.73 Å². The minimum absolute atomic E-state index is 0. The van der Waals surface area contributed by atoms with E-state index in [4.69, 9.17) is 5.73 Å². The fraction of sp³-hybridized carbons (Fsp3) is 0.455. The highest BCUT2D eigenvalue weighted by Gasteiger charge is 2.34. The minimum Gasteiger partial charge on any atom is -0.329 e. The smallest absolute Gasteiger partial charge is 0.243 e. The van der Waals surface area contributed by atoms with Crippen molar-refractivity contribution in [3.8, 4) is 0 Å². The Morgan fingerprint density at radius 1 is 1.44 bits per heavy atom. The van der Waals surface area contributed by atoms with Gasteiger partial charge in [-0.15, -0.1) is 12.4 Å². The molecule has 18 heavy (non-hydrogen) atoms. The van der Waals surface area contributed by atoms with Gasteiger partial charge in [0.1, 0.15) is 0 Å². The molecule has 0 saturated carbocycles. The third-order valence-corrected chi connectivity index (χ3v) is 5.44. The lowest BCUT2D eigenvalue weighted by atomic mass is 10.2. The van der Waals surface area contributed by atoms with Crippen LogP contribution in [0, 0.1) is 0 Å². The molecule has 0 aromatic heterocycles. The van der Waals surface area contributed by atoms with Crippen molar-refractivity contribution < 1.29 is 8.42 Å². The summed E-state index contributed by atoms with van der Waals surface area (Å²) in [7, 11) is -3.40. The summed E-state index contributed by atoms with van der Waals surface area (Å²) < 4.78 is 27.1. The zero-order chi connectivity index (χ0) is 12.5. The van der Waals surface area contributed by atoms with Gasteiger partial charge in [-0.2, -0.15) is 4.31 Å². The number of rotatable bonds is 3. The van der Waals surface area contributed by atoms with Gasteiger partial charge in [0.15, 0.2) is 0 Å². The molecule has 0 radical (unpaired) electrons. The predicted molar refractivity (Wildman–Crippen MR) is 77.4 cm³/mol. The lowest BCUT2D eigenvalue weighted by molar-refractivity contribution is 0.393. The van der Waals surface area contributed by atoms with Crippen molar-refractivity contribution >= 4 is 38.4 Å². The molecule has 1 aliphatic rings. The summed E-state index contributed by atoms with van der Waals surface area (Å²) in [6.45, 7) is 0.948. The zero-order valence-corrected chi connectivity index (χ0v) is 13.0. The predicted octanol–water partition coefficient (Wildman–Crippen LogP) is 1.98. The average Bonchev–Trinajstić information content (AvgIpc) is 2.77. The van der Waals surface area contributed by atoms with Gasteiger partial charge in [-0.05, 0) is 31.0 Å². The molecule has 1 heterocycles. The second-order valence-corrected chi connectivity index (χ2v) is 6.91. The van der Waals surface area contributed by atoms with Crippen molar-refractivity contribution in [2.24, 2.45) is 5.73 Å². The van der Waals surface area contributed by atoms with Crippen molar-refractivity contribution in [1.82, 2.24) is 4.31 Å². The molecule has 1 atom stereocenters. The van der Waals surface area contributed by atoms with E-state index in [9.17, 15) is 8.42 Å². The van der Waals surface area contributed by atoms with E-state index in [1.165, 1.54) is 4.31 Å². The Hall–Kier alpha value is -0.140. The number of hydrogen-bond donors (Lipinski definition) is 1. The SMILES string of the molecule is Cl.NCC1CCCN1S(=O)(=O)c1cccc(Br)c1. The van der Waals surface area contributed by atoms with Crippen LogP contribution in [0.25, 0.3) is 0 Å². The second kappa shape index (κ2) is 6.34. The molecule has 1 unspecified atom stereocenters. The summed E-state index contributed by atoms with van der Waals surface area (Å²) in [4.78, 5) is 0.326. The van der Waals surface area contributed by atoms with E-state index in [1.807, 2.05) is 6.07 Å². The molecule has 4 nitrogen and oxygen atoms in total. The maximum Gasteiger partial charge on any atom is 0.243 e. The first-order valence-corrected chi connectivity index (χ1v) is 7.76. The summed E-state index contributed by atoms with van der Waals surface area (Å²) in [6.07, 6.45) is 1.73. The van der Waals surface area contributed by atoms with Crippen LogP contribution in [-0.2, 0) is 10.0 Å². The molecule has 102 valence electrons. The molecule has 2 N–H and O–H groups in total. The second-order valence-electron chi connectivity index (χ2n) is 4.10. The lowest BCUT2D eigenvalue weighted by Crippen LogP contribution is -2.39. The van der Waals surface area contributed by atoms with Gasteiger partial charge in [0.25, 0.3) is 0 Å². The van der Waals surface area contributed by atoms with Crippen molar-refractivity contribution in [3.05, 3.63) is 28.7 Å². The third kappa shape index (κ3) is 3.05. The molecule has 7 heteroatoms. The van der Waals surface area contributed by atoms with Crippen LogP contribution in [-0.4, -0.2) is 31.9 Å². The quantitative estimate of drug-likeness (QED) is 0.902. The molecule has 2 rings (SSSR count). The van der Waals surface area contributed by atoms with E-state index in [-0.39, 0.29) is 18.4 Å². The van der Waals surface area contributed by atoms with Crippen LogP contribution < -0.4 is 5.73 Å². The minimum atomic E-state index is -3.40. The normalized spacial score (nSPS) is 20.7. The molecule has 0 spiro atoms. The van der Waals surface area contributed by atoms with E-state index in [0.717, 1.165) is 17.3 Å². The van der Waals surface area contributed by atoms with Gasteiger partial charge in [-0.3, -0.25) is 0 Å². The Labute approximate surface area is 122 Å². The van der Waals surface area contributed by atoms with Crippen molar-refractivity contribution in [3.63, 3.8) is 0 Å². The van der Waals surface area contributed by atoms with Crippen LogP contribution in [0.4, 0.5) is 0 Å². The first kappa shape index (κ1) is 15.9. The topological polar surface area (TPSA) is 63.4 Å². The molecular formula is C11H16BrClN2O2S. The van der Waals surface area contributed by atoms with E-state index in [1.54, 1.807) is 18.2 Å². The zero-order valence-electron chi connectivity index (χ0n) is 9.75. The van der Waals surface area contributed by atoms with Gasteiger partial charge >= 0.3 is 0 Å². The highest BCUT2D eigenvalue weighted by Crippen LogP contribution is 2.26. The molecular weight excluding hydrogens is 340 g/mol. The van der Waals surface area contributed by atoms with Gasteiger partial charge in [0, 0.05) is 23.6 Å². The van der Waals surface area contributed by atoms with Crippen LogP contribution in [0.3, 0.4) is 0 Å². The lowest BCUT2D eigenvalue weighted by Gasteiger charge is -2.22. The number of nitrogens with zero attached hydrogens (tertiary/aromatic N) is 1. The summed E-state index contributed by atoms with van der Waals surface area (Å²) in [6, 6.07) is 6.72. The maximum atomic E-state index is 12.4. The largest absolute Gasteiger partial charge is 0.329 e. The first-order valence-electron chi connectivity index (χ1n) is 5.53. The highest BCUT2D eigenvalue weighted by atomic mass is 79.9. The summed E-state index contributed by atoms with van der Waals surface area (Å²) in [5.74, 6) is 0. The molecule has 1 aromatic rings. The maximum absolute atomic E-state index is 12.4.